The number of rotatable bonds is 3. The molecule has 1 aromatic carbocycles. The summed E-state index contributed by atoms with van der Waals surface area (Å²) in [6.07, 6.45) is 0. The van der Waals surface area contributed by atoms with Gasteiger partial charge in [0.2, 0.25) is 5.91 Å². The Bertz CT molecular complexity index is 775. The van der Waals surface area contributed by atoms with Crippen LogP contribution >= 0.6 is 22.9 Å². The molecule has 1 saturated heterocycles. The molecule has 5 nitrogen and oxygen atoms in total. The summed E-state index contributed by atoms with van der Waals surface area (Å²) in [7, 11) is 0. The minimum atomic E-state index is -0.114. The number of thiazole rings is 1. The van der Waals surface area contributed by atoms with Crippen molar-refractivity contribution in [1.82, 2.24) is 14.4 Å². The molecule has 124 valence electrons. The van der Waals surface area contributed by atoms with Crippen molar-refractivity contribution in [1.29, 1.82) is 0 Å². The van der Waals surface area contributed by atoms with Crippen LogP contribution in [0.4, 0.5) is 0 Å². The molecule has 0 aliphatic carbocycles. The van der Waals surface area contributed by atoms with Gasteiger partial charge < -0.3 is 4.90 Å². The third-order valence-corrected chi connectivity index (χ3v) is 5.52. The molecule has 0 radical (unpaired) electrons. The second kappa shape index (κ2) is 6.63. The Morgan fingerprint density at radius 1 is 1.26 bits per heavy atom. The predicted molar refractivity (Wildman–Crippen MR) is 94.4 cm³/mol. The van der Waals surface area contributed by atoms with Crippen molar-refractivity contribution in [2.45, 2.75) is 26.4 Å². The standard InChI is InChI=1S/C16H20ClN3O2S/c1-11(2)18-5-7-19(8-6-18)15(21)10-20-13-9-12(17)3-4-14(13)23-16(20)22/h3-4,9,11H,5-8,10H2,1-2H3. The van der Waals surface area contributed by atoms with Gasteiger partial charge in [-0.15, -0.1) is 0 Å². The largest absolute Gasteiger partial charge is 0.339 e. The van der Waals surface area contributed by atoms with Gasteiger partial charge in [-0.3, -0.25) is 19.1 Å². The van der Waals surface area contributed by atoms with Crippen LogP contribution in [0.3, 0.4) is 0 Å². The van der Waals surface area contributed by atoms with Gasteiger partial charge in [0.1, 0.15) is 6.54 Å². The van der Waals surface area contributed by atoms with Gasteiger partial charge in [-0.05, 0) is 32.0 Å². The summed E-state index contributed by atoms with van der Waals surface area (Å²) in [6.45, 7) is 7.61. The number of aromatic nitrogens is 1. The highest BCUT2D eigenvalue weighted by Crippen LogP contribution is 2.21. The van der Waals surface area contributed by atoms with E-state index in [1.165, 1.54) is 4.57 Å². The van der Waals surface area contributed by atoms with Crippen molar-refractivity contribution in [2.24, 2.45) is 0 Å². The van der Waals surface area contributed by atoms with Crippen molar-refractivity contribution in [3.8, 4) is 0 Å². The highest BCUT2D eigenvalue weighted by atomic mass is 35.5. The van der Waals surface area contributed by atoms with Crippen LogP contribution in [0, 0.1) is 0 Å². The van der Waals surface area contributed by atoms with E-state index in [1.54, 1.807) is 12.1 Å². The van der Waals surface area contributed by atoms with E-state index in [0.717, 1.165) is 34.6 Å². The quantitative estimate of drug-likeness (QED) is 0.850. The van der Waals surface area contributed by atoms with Gasteiger partial charge in [-0.25, -0.2) is 0 Å². The molecule has 0 atom stereocenters. The van der Waals surface area contributed by atoms with Crippen molar-refractivity contribution in [3.05, 3.63) is 32.9 Å². The zero-order valence-corrected chi connectivity index (χ0v) is 14.9. The fourth-order valence-corrected chi connectivity index (χ4v) is 3.95. The van der Waals surface area contributed by atoms with Gasteiger partial charge in [-0.2, -0.15) is 0 Å². The number of fused-ring (bicyclic) bond motifs is 1. The van der Waals surface area contributed by atoms with Crippen LogP contribution < -0.4 is 4.87 Å². The fraction of sp³-hybridized carbons (Fsp3) is 0.500. The lowest BCUT2D eigenvalue weighted by Gasteiger charge is -2.37. The van der Waals surface area contributed by atoms with E-state index in [1.807, 2.05) is 11.0 Å². The highest BCUT2D eigenvalue weighted by molar-refractivity contribution is 7.16. The summed E-state index contributed by atoms with van der Waals surface area (Å²) in [5.41, 5.74) is 0.738. The molecular weight excluding hydrogens is 334 g/mol. The molecule has 3 rings (SSSR count). The monoisotopic (exact) mass is 353 g/mol. The van der Waals surface area contributed by atoms with E-state index in [-0.39, 0.29) is 17.3 Å². The van der Waals surface area contributed by atoms with Crippen LogP contribution in [0.5, 0.6) is 0 Å². The van der Waals surface area contributed by atoms with Crippen LogP contribution in [-0.2, 0) is 11.3 Å². The minimum Gasteiger partial charge on any atom is -0.339 e. The van der Waals surface area contributed by atoms with Crippen LogP contribution in [0.25, 0.3) is 10.2 Å². The Labute approximate surface area is 144 Å². The Morgan fingerprint density at radius 3 is 2.61 bits per heavy atom. The molecule has 0 saturated carbocycles. The fourth-order valence-electron chi connectivity index (χ4n) is 2.91. The molecule has 2 heterocycles. The van der Waals surface area contributed by atoms with Crippen LogP contribution in [-0.4, -0.2) is 52.5 Å². The molecule has 0 N–H and O–H groups in total. The lowest BCUT2D eigenvalue weighted by molar-refractivity contribution is -0.133. The maximum absolute atomic E-state index is 12.5. The molecule has 0 bridgehead atoms. The highest BCUT2D eigenvalue weighted by Gasteiger charge is 2.23. The van der Waals surface area contributed by atoms with Gasteiger partial charge in [0.15, 0.2) is 0 Å². The first-order valence-electron chi connectivity index (χ1n) is 7.76. The summed E-state index contributed by atoms with van der Waals surface area (Å²) in [6, 6.07) is 5.83. The Morgan fingerprint density at radius 2 is 1.96 bits per heavy atom. The number of halogens is 1. The Hall–Kier alpha value is -1.37. The molecule has 1 amide bonds. The van der Waals surface area contributed by atoms with Gasteiger partial charge in [0.25, 0.3) is 0 Å². The number of carbonyl (C=O) groups excluding carboxylic acids is 1. The number of amides is 1. The number of carbonyl (C=O) groups is 1. The average Bonchev–Trinajstić information content (AvgIpc) is 2.83. The summed E-state index contributed by atoms with van der Waals surface area (Å²) >= 11 is 7.17. The molecule has 1 aromatic heterocycles. The zero-order valence-electron chi connectivity index (χ0n) is 13.3. The predicted octanol–water partition coefficient (Wildman–Crippen LogP) is 2.27. The van der Waals surface area contributed by atoms with Gasteiger partial charge in [-0.1, -0.05) is 22.9 Å². The third-order valence-electron chi connectivity index (χ3n) is 4.32. The lowest BCUT2D eigenvalue weighted by atomic mass is 10.2. The van der Waals surface area contributed by atoms with Crippen molar-refractivity contribution in [2.75, 3.05) is 26.2 Å². The third kappa shape index (κ3) is 3.44. The Balaban J connectivity index is 1.75. The van der Waals surface area contributed by atoms with Crippen molar-refractivity contribution >= 4 is 39.1 Å². The van der Waals surface area contributed by atoms with Crippen molar-refractivity contribution < 1.29 is 4.79 Å². The number of piperazine rings is 1. The average molecular weight is 354 g/mol. The van der Waals surface area contributed by atoms with Gasteiger partial charge in [0.05, 0.1) is 10.2 Å². The second-order valence-electron chi connectivity index (χ2n) is 6.08. The van der Waals surface area contributed by atoms with Crippen molar-refractivity contribution in [3.63, 3.8) is 0 Å². The van der Waals surface area contributed by atoms with Crippen LogP contribution in [0.2, 0.25) is 5.02 Å². The molecule has 7 heteroatoms. The first-order chi connectivity index (χ1) is 11.0. The summed E-state index contributed by atoms with van der Waals surface area (Å²) < 4.78 is 2.39. The van der Waals surface area contributed by atoms with Gasteiger partial charge >= 0.3 is 4.87 Å². The van der Waals surface area contributed by atoms with E-state index >= 15 is 0 Å². The second-order valence-corrected chi connectivity index (χ2v) is 7.51. The zero-order chi connectivity index (χ0) is 16.6. The number of hydrogen-bond donors (Lipinski definition) is 0. The van der Waals surface area contributed by atoms with Crippen LogP contribution in [0.1, 0.15) is 13.8 Å². The summed E-state index contributed by atoms with van der Waals surface area (Å²) in [4.78, 5) is 28.8. The number of hydrogen-bond acceptors (Lipinski definition) is 4. The lowest BCUT2D eigenvalue weighted by Crippen LogP contribution is -2.51. The van der Waals surface area contributed by atoms with Gasteiger partial charge in [0, 0.05) is 37.2 Å². The van der Waals surface area contributed by atoms with E-state index in [2.05, 4.69) is 18.7 Å². The molecule has 23 heavy (non-hydrogen) atoms. The smallest absolute Gasteiger partial charge is 0.308 e. The normalized spacial score (nSPS) is 16.4. The van der Waals surface area contributed by atoms with E-state index in [9.17, 15) is 9.59 Å². The topological polar surface area (TPSA) is 45.5 Å². The molecular formula is C16H20ClN3O2S. The van der Waals surface area contributed by atoms with Crippen LogP contribution in [0.15, 0.2) is 23.0 Å². The first kappa shape index (κ1) is 16.5. The number of benzene rings is 1. The maximum Gasteiger partial charge on any atom is 0.308 e. The maximum atomic E-state index is 12.5. The molecule has 1 aliphatic heterocycles. The molecule has 0 unspecified atom stereocenters. The van der Waals surface area contributed by atoms with E-state index in [0.29, 0.717) is 24.2 Å². The molecule has 2 aromatic rings. The Kier molecular flexibility index (Phi) is 4.75. The molecule has 1 aliphatic rings. The summed E-state index contributed by atoms with van der Waals surface area (Å²) in [5, 5.41) is 0.571. The summed E-state index contributed by atoms with van der Waals surface area (Å²) in [5.74, 6) is -0.00446. The molecule has 0 spiro atoms. The first-order valence-corrected chi connectivity index (χ1v) is 8.96. The SMILES string of the molecule is CC(C)N1CCN(C(=O)Cn2c(=O)sc3ccc(Cl)cc32)CC1. The number of nitrogens with zero attached hydrogens (tertiary/aromatic N) is 3. The molecule has 1 fully saturated rings. The minimum absolute atomic E-state index is 0.00446. The van der Waals surface area contributed by atoms with E-state index < -0.39 is 0 Å². The van der Waals surface area contributed by atoms with E-state index in [4.69, 9.17) is 11.6 Å².